The second-order valence-electron chi connectivity index (χ2n) is 5.79. The van der Waals surface area contributed by atoms with Crippen LogP contribution in [0.2, 0.25) is 0 Å². The number of amides is 1. The molecular formula is C16H22FNO3S. The summed E-state index contributed by atoms with van der Waals surface area (Å²) < 4.78 is 25.4. The molecule has 4 nitrogen and oxygen atoms in total. The van der Waals surface area contributed by atoms with E-state index in [1.807, 2.05) is 0 Å². The second kappa shape index (κ2) is 7.83. The van der Waals surface area contributed by atoms with E-state index in [1.165, 1.54) is 12.1 Å². The fraction of sp³-hybridized carbons (Fsp3) is 0.562. The van der Waals surface area contributed by atoms with Crippen molar-refractivity contribution in [2.24, 2.45) is 0 Å². The predicted molar refractivity (Wildman–Crippen MR) is 83.3 cm³/mol. The van der Waals surface area contributed by atoms with E-state index in [4.69, 9.17) is 0 Å². The smallest absolute Gasteiger partial charge is 0.222 e. The Morgan fingerprint density at radius 3 is 2.64 bits per heavy atom. The standard InChI is InChI=1S/C16H22FNO3S/c17-13-6-2-3-7-14(13)22(21)11-10-18-15(19)12-16(20)8-4-1-5-9-16/h2-3,6-7,20H,1,4-5,8-12H2,(H,18,19)/t22-/m1/s1. The number of nitrogens with one attached hydrogen (secondary N) is 1. The Labute approximate surface area is 132 Å². The van der Waals surface area contributed by atoms with Gasteiger partial charge in [-0.05, 0) is 25.0 Å². The van der Waals surface area contributed by atoms with E-state index in [0.717, 1.165) is 19.3 Å². The van der Waals surface area contributed by atoms with Crippen molar-refractivity contribution in [3.63, 3.8) is 0 Å². The number of benzene rings is 1. The molecule has 1 aliphatic rings. The van der Waals surface area contributed by atoms with Crippen molar-refractivity contribution in [1.82, 2.24) is 5.32 Å². The number of carbonyl (C=O) groups excluding carboxylic acids is 1. The van der Waals surface area contributed by atoms with Crippen LogP contribution in [0.15, 0.2) is 29.2 Å². The monoisotopic (exact) mass is 327 g/mol. The Balaban J connectivity index is 1.75. The van der Waals surface area contributed by atoms with Gasteiger partial charge in [-0.15, -0.1) is 0 Å². The van der Waals surface area contributed by atoms with Gasteiger partial charge in [-0.1, -0.05) is 31.4 Å². The van der Waals surface area contributed by atoms with Crippen LogP contribution in [0.3, 0.4) is 0 Å². The lowest BCUT2D eigenvalue weighted by Crippen LogP contribution is -2.39. The molecule has 1 aromatic rings. The SMILES string of the molecule is O=C(CC1(O)CCCCC1)NCC[S@@](=O)c1ccccc1F. The molecule has 122 valence electrons. The Bertz CT molecular complexity index is 544. The van der Waals surface area contributed by atoms with Gasteiger partial charge < -0.3 is 10.4 Å². The van der Waals surface area contributed by atoms with Crippen LogP contribution in [0, 0.1) is 5.82 Å². The number of hydrogen-bond acceptors (Lipinski definition) is 3. The molecule has 1 aromatic carbocycles. The summed E-state index contributed by atoms with van der Waals surface area (Å²) in [5, 5.41) is 13.0. The summed E-state index contributed by atoms with van der Waals surface area (Å²) in [5.41, 5.74) is -0.896. The van der Waals surface area contributed by atoms with Crippen LogP contribution < -0.4 is 5.32 Å². The van der Waals surface area contributed by atoms with Crippen LogP contribution in [-0.4, -0.2) is 33.1 Å². The Kier molecular flexibility index (Phi) is 6.08. The maximum atomic E-state index is 13.5. The van der Waals surface area contributed by atoms with Gasteiger partial charge in [-0.3, -0.25) is 9.00 Å². The molecule has 1 saturated carbocycles. The first-order valence-corrected chi connectivity index (χ1v) is 8.94. The van der Waals surface area contributed by atoms with Gasteiger partial charge in [0.15, 0.2) is 0 Å². The summed E-state index contributed by atoms with van der Waals surface area (Å²) >= 11 is 0. The maximum Gasteiger partial charge on any atom is 0.222 e. The van der Waals surface area contributed by atoms with Gasteiger partial charge in [0, 0.05) is 12.3 Å². The normalized spacial score (nSPS) is 18.6. The van der Waals surface area contributed by atoms with Crippen molar-refractivity contribution in [2.45, 2.75) is 49.0 Å². The highest BCUT2D eigenvalue weighted by Crippen LogP contribution is 2.30. The van der Waals surface area contributed by atoms with Crippen LogP contribution >= 0.6 is 0 Å². The third-order valence-corrected chi connectivity index (χ3v) is 5.36. The summed E-state index contributed by atoms with van der Waals surface area (Å²) in [6.07, 6.45) is 4.39. The fourth-order valence-corrected chi connectivity index (χ4v) is 3.79. The lowest BCUT2D eigenvalue weighted by molar-refractivity contribution is -0.127. The second-order valence-corrected chi connectivity index (χ2v) is 7.33. The Morgan fingerprint density at radius 1 is 1.27 bits per heavy atom. The van der Waals surface area contributed by atoms with Gasteiger partial charge in [0.1, 0.15) is 5.82 Å². The third-order valence-electron chi connectivity index (χ3n) is 3.97. The minimum absolute atomic E-state index is 0.0827. The van der Waals surface area contributed by atoms with E-state index in [2.05, 4.69) is 5.32 Å². The predicted octanol–water partition coefficient (Wildman–Crippen LogP) is 2.13. The minimum atomic E-state index is -1.48. The largest absolute Gasteiger partial charge is 0.389 e. The van der Waals surface area contributed by atoms with Crippen molar-refractivity contribution >= 4 is 16.7 Å². The molecule has 2 N–H and O–H groups in total. The summed E-state index contributed by atoms with van der Waals surface area (Å²) in [6, 6.07) is 5.93. The molecule has 1 fully saturated rings. The first kappa shape index (κ1) is 17.1. The number of hydrogen-bond donors (Lipinski definition) is 2. The van der Waals surface area contributed by atoms with E-state index in [0.29, 0.717) is 12.8 Å². The zero-order chi connectivity index (χ0) is 16.0. The summed E-state index contributed by atoms with van der Waals surface area (Å²) in [4.78, 5) is 12.0. The lowest BCUT2D eigenvalue weighted by Gasteiger charge is -2.31. The van der Waals surface area contributed by atoms with Gasteiger partial charge in [0.05, 0.1) is 27.7 Å². The van der Waals surface area contributed by atoms with E-state index in [-0.39, 0.29) is 29.5 Å². The van der Waals surface area contributed by atoms with Crippen LogP contribution in [0.25, 0.3) is 0 Å². The molecule has 22 heavy (non-hydrogen) atoms. The number of halogens is 1. The van der Waals surface area contributed by atoms with Crippen molar-refractivity contribution in [3.8, 4) is 0 Å². The maximum absolute atomic E-state index is 13.5. The van der Waals surface area contributed by atoms with E-state index in [1.54, 1.807) is 12.1 Å². The molecule has 1 aliphatic carbocycles. The van der Waals surface area contributed by atoms with Gasteiger partial charge in [-0.25, -0.2) is 4.39 Å². The number of rotatable bonds is 6. The van der Waals surface area contributed by atoms with Crippen LogP contribution in [0.5, 0.6) is 0 Å². The molecule has 1 atom stereocenters. The lowest BCUT2D eigenvalue weighted by atomic mass is 9.82. The highest BCUT2D eigenvalue weighted by atomic mass is 32.2. The zero-order valence-corrected chi connectivity index (χ0v) is 13.3. The topological polar surface area (TPSA) is 66.4 Å². The molecule has 1 amide bonds. The van der Waals surface area contributed by atoms with Crippen LogP contribution in [0.4, 0.5) is 4.39 Å². The van der Waals surface area contributed by atoms with E-state index < -0.39 is 22.2 Å². The Morgan fingerprint density at radius 2 is 1.95 bits per heavy atom. The van der Waals surface area contributed by atoms with Crippen molar-refractivity contribution in [1.29, 1.82) is 0 Å². The minimum Gasteiger partial charge on any atom is -0.389 e. The average molecular weight is 327 g/mol. The third kappa shape index (κ3) is 4.88. The summed E-state index contributed by atoms with van der Waals surface area (Å²) in [5.74, 6) is -0.580. The molecular weight excluding hydrogens is 305 g/mol. The Hall–Kier alpha value is -1.27. The molecule has 0 spiro atoms. The highest BCUT2D eigenvalue weighted by Gasteiger charge is 2.31. The first-order chi connectivity index (χ1) is 10.5. The van der Waals surface area contributed by atoms with Gasteiger partial charge in [0.25, 0.3) is 0 Å². The van der Waals surface area contributed by atoms with E-state index in [9.17, 15) is 18.5 Å². The molecule has 0 heterocycles. The summed E-state index contributed by atoms with van der Waals surface area (Å²) in [6.45, 7) is 0.204. The van der Waals surface area contributed by atoms with Crippen LogP contribution in [-0.2, 0) is 15.6 Å². The van der Waals surface area contributed by atoms with Crippen LogP contribution in [0.1, 0.15) is 38.5 Å². The molecule has 0 aliphatic heterocycles. The van der Waals surface area contributed by atoms with Gasteiger partial charge in [0.2, 0.25) is 5.91 Å². The molecule has 0 unspecified atom stereocenters. The van der Waals surface area contributed by atoms with Gasteiger partial charge in [-0.2, -0.15) is 0 Å². The fourth-order valence-electron chi connectivity index (χ4n) is 2.77. The molecule has 0 bridgehead atoms. The zero-order valence-electron chi connectivity index (χ0n) is 12.5. The van der Waals surface area contributed by atoms with E-state index >= 15 is 0 Å². The molecule has 2 rings (SSSR count). The quantitative estimate of drug-likeness (QED) is 0.841. The molecule has 0 saturated heterocycles. The number of carbonyl (C=O) groups is 1. The first-order valence-electron chi connectivity index (χ1n) is 7.62. The summed E-state index contributed by atoms with van der Waals surface area (Å²) in [7, 11) is -1.48. The number of aliphatic hydroxyl groups is 1. The molecule has 0 radical (unpaired) electrons. The average Bonchev–Trinajstić information content (AvgIpc) is 2.47. The molecule has 6 heteroatoms. The highest BCUT2D eigenvalue weighted by molar-refractivity contribution is 7.85. The van der Waals surface area contributed by atoms with Crippen molar-refractivity contribution in [3.05, 3.63) is 30.1 Å². The van der Waals surface area contributed by atoms with Crippen molar-refractivity contribution in [2.75, 3.05) is 12.3 Å². The van der Waals surface area contributed by atoms with Crippen molar-refractivity contribution < 1.29 is 18.5 Å². The van der Waals surface area contributed by atoms with Gasteiger partial charge >= 0.3 is 0 Å². The molecule has 0 aromatic heterocycles.